The van der Waals surface area contributed by atoms with Crippen LogP contribution in [0.15, 0.2) is 24.3 Å². The molecule has 2 aromatic heterocycles. The molecule has 0 radical (unpaired) electrons. The molecule has 1 aromatic carbocycles. The Morgan fingerprint density at radius 1 is 1.33 bits per heavy atom. The standard InChI is InChI=1S/C20H24N4O3/c1-12(2)10-24-18(21)16(20(25)27-11-13-6-5-9-26-13)17-19(24)23-15-8-4-3-7-14(15)22-17/h3-4,7-8,12-13H,5-6,9-11,21H2,1-2H3/t13-/m1/s1. The van der Waals surface area contributed by atoms with E-state index < -0.39 is 5.97 Å². The third-order valence-corrected chi connectivity index (χ3v) is 4.77. The highest BCUT2D eigenvalue weighted by Crippen LogP contribution is 2.29. The van der Waals surface area contributed by atoms with Crippen LogP contribution < -0.4 is 5.73 Å². The van der Waals surface area contributed by atoms with Gasteiger partial charge in [-0.05, 0) is 30.9 Å². The predicted octanol–water partition coefficient (Wildman–Crippen LogP) is 3.16. The largest absolute Gasteiger partial charge is 0.459 e. The van der Waals surface area contributed by atoms with Gasteiger partial charge < -0.3 is 19.8 Å². The van der Waals surface area contributed by atoms with Crippen molar-refractivity contribution in [1.29, 1.82) is 0 Å². The number of fused-ring (bicyclic) bond motifs is 2. The number of carbonyl (C=O) groups is 1. The van der Waals surface area contributed by atoms with Gasteiger partial charge in [0.1, 0.15) is 23.5 Å². The topological polar surface area (TPSA) is 92.3 Å². The minimum atomic E-state index is -0.472. The van der Waals surface area contributed by atoms with Gasteiger partial charge in [0.15, 0.2) is 5.65 Å². The van der Waals surface area contributed by atoms with E-state index >= 15 is 0 Å². The van der Waals surface area contributed by atoms with E-state index in [9.17, 15) is 4.79 Å². The number of carbonyl (C=O) groups excluding carboxylic acids is 1. The minimum Gasteiger partial charge on any atom is -0.459 e. The highest BCUT2D eigenvalue weighted by atomic mass is 16.6. The molecule has 1 fully saturated rings. The van der Waals surface area contributed by atoms with Gasteiger partial charge in [-0.25, -0.2) is 14.8 Å². The van der Waals surface area contributed by atoms with Crippen LogP contribution in [0.25, 0.3) is 22.2 Å². The number of para-hydroxylation sites is 2. The first-order valence-electron chi connectivity index (χ1n) is 9.37. The lowest BCUT2D eigenvalue weighted by atomic mass is 10.2. The first-order valence-corrected chi connectivity index (χ1v) is 9.37. The van der Waals surface area contributed by atoms with E-state index in [1.165, 1.54) is 0 Å². The molecule has 7 heteroatoms. The van der Waals surface area contributed by atoms with Gasteiger partial charge in [-0.2, -0.15) is 0 Å². The van der Waals surface area contributed by atoms with E-state index in [4.69, 9.17) is 20.2 Å². The Hall–Kier alpha value is -2.67. The molecule has 3 aromatic rings. The molecule has 1 aliphatic rings. The number of rotatable bonds is 5. The summed E-state index contributed by atoms with van der Waals surface area (Å²) in [5.41, 5.74) is 9.25. The molecular formula is C20H24N4O3. The number of anilines is 1. The first-order chi connectivity index (χ1) is 13.0. The summed E-state index contributed by atoms with van der Waals surface area (Å²) in [6.45, 7) is 5.78. The molecule has 27 heavy (non-hydrogen) atoms. The number of benzene rings is 1. The van der Waals surface area contributed by atoms with Crippen molar-refractivity contribution in [3.63, 3.8) is 0 Å². The number of aromatic nitrogens is 3. The van der Waals surface area contributed by atoms with Crippen LogP contribution in [0.5, 0.6) is 0 Å². The summed E-state index contributed by atoms with van der Waals surface area (Å²) in [6.07, 6.45) is 1.86. The summed E-state index contributed by atoms with van der Waals surface area (Å²) in [6, 6.07) is 7.59. The average molecular weight is 368 g/mol. The van der Waals surface area contributed by atoms with Crippen LogP contribution in [0.3, 0.4) is 0 Å². The molecule has 1 saturated heterocycles. The Labute approximate surface area is 157 Å². The molecule has 2 N–H and O–H groups in total. The first kappa shape index (κ1) is 17.7. The maximum absolute atomic E-state index is 12.8. The van der Waals surface area contributed by atoms with E-state index in [0.29, 0.717) is 35.0 Å². The van der Waals surface area contributed by atoms with Crippen molar-refractivity contribution < 1.29 is 14.3 Å². The fourth-order valence-electron chi connectivity index (χ4n) is 3.48. The van der Waals surface area contributed by atoms with Gasteiger partial charge in [0, 0.05) is 13.2 Å². The van der Waals surface area contributed by atoms with Gasteiger partial charge in [0.25, 0.3) is 0 Å². The number of esters is 1. The van der Waals surface area contributed by atoms with Crippen molar-refractivity contribution in [3.8, 4) is 0 Å². The second kappa shape index (κ2) is 7.15. The molecule has 0 unspecified atom stereocenters. The Bertz CT molecular complexity index is 990. The Balaban J connectivity index is 1.78. The monoisotopic (exact) mass is 368 g/mol. The maximum atomic E-state index is 12.8. The second-order valence-electron chi connectivity index (χ2n) is 7.38. The van der Waals surface area contributed by atoms with E-state index in [1.54, 1.807) is 0 Å². The Morgan fingerprint density at radius 2 is 2.07 bits per heavy atom. The van der Waals surface area contributed by atoms with Crippen LogP contribution in [-0.4, -0.2) is 39.8 Å². The molecule has 3 heterocycles. The van der Waals surface area contributed by atoms with Gasteiger partial charge in [-0.1, -0.05) is 26.0 Å². The van der Waals surface area contributed by atoms with Gasteiger partial charge >= 0.3 is 5.97 Å². The third-order valence-electron chi connectivity index (χ3n) is 4.77. The fourth-order valence-corrected chi connectivity index (χ4v) is 3.48. The fraction of sp³-hybridized carbons (Fsp3) is 0.450. The van der Waals surface area contributed by atoms with Crippen molar-refractivity contribution in [2.75, 3.05) is 18.9 Å². The second-order valence-corrected chi connectivity index (χ2v) is 7.38. The van der Waals surface area contributed by atoms with Crippen molar-refractivity contribution in [2.45, 2.75) is 39.3 Å². The Morgan fingerprint density at radius 3 is 2.74 bits per heavy atom. The van der Waals surface area contributed by atoms with Gasteiger partial charge in [-0.15, -0.1) is 0 Å². The number of nitrogens with two attached hydrogens (primary N) is 1. The van der Waals surface area contributed by atoms with Crippen molar-refractivity contribution in [3.05, 3.63) is 29.8 Å². The summed E-state index contributed by atoms with van der Waals surface area (Å²) in [5.74, 6) is 0.221. The number of hydrogen-bond donors (Lipinski definition) is 1. The van der Waals surface area contributed by atoms with Crippen LogP contribution in [0, 0.1) is 5.92 Å². The molecule has 4 rings (SSSR count). The highest BCUT2D eigenvalue weighted by Gasteiger charge is 2.26. The van der Waals surface area contributed by atoms with Crippen molar-refractivity contribution in [2.24, 2.45) is 5.92 Å². The molecule has 0 amide bonds. The molecule has 0 saturated carbocycles. The van der Waals surface area contributed by atoms with Crippen LogP contribution in [0.1, 0.15) is 37.0 Å². The molecule has 0 spiro atoms. The predicted molar refractivity (Wildman–Crippen MR) is 104 cm³/mol. The lowest BCUT2D eigenvalue weighted by Gasteiger charge is -2.11. The zero-order chi connectivity index (χ0) is 19.0. The number of ether oxygens (including phenoxy) is 2. The normalized spacial score (nSPS) is 17.2. The SMILES string of the molecule is CC(C)Cn1c(N)c(C(=O)OC[C@H]2CCCO2)c2nc3ccccc3nc21. The van der Waals surface area contributed by atoms with E-state index in [-0.39, 0.29) is 12.7 Å². The summed E-state index contributed by atoms with van der Waals surface area (Å²) in [5, 5.41) is 0. The van der Waals surface area contributed by atoms with Gasteiger partial charge in [0.05, 0.1) is 17.1 Å². The highest BCUT2D eigenvalue weighted by molar-refractivity contribution is 6.08. The van der Waals surface area contributed by atoms with Gasteiger partial charge in [0.2, 0.25) is 0 Å². The van der Waals surface area contributed by atoms with E-state index in [2.05, 4.69) is 18.8 Å². The number of nitrogen functional groups attached to an aromatic ring is 1. The molecule has 0 aliphatic carbocycles. The molecular weight excluding hydrogens is 344 g/mol. The molecule has 7 nitrogen and oxygen atoms in total. The molecule has 1 aliphatic heterocycles. The van der Waals surface area contributed by atoms with Crippen LogP contribution >= 0.6 is 0 Å². The average Bonchev–Trinajstić information content (AvgIpc) is 3.25. The van der Waals surface area contributed by atoms with Crippen LogP contribution in [0.4, 0.5) is 5.82 Å². The lowest BCUT2D eigenvalue weighted by Crippen LogP contribution is -2.19. The van der Waals surface area contributed by atoms with Crippen LogP contribution in [-0.2, 0) is 16.0 Å². The summed E-state index contributed by atoms with van der Waals surface area (Å²) >= 11 is 0. The van der Waals surface area contributed by atoms with Crippen LogP contribution in [0.2, 0.25) is 0 Å². The summed E-state index contributed by atoms with van der Waals surface area (Å²) < 4.78 is 12.9. The lowest BCUT2D eigenvalue weighted by molar-refractivity contribution is 0.0163. The summed E-state index contributed by atoms with van der Waals surface area (Å²) in [4.78, 5) is 22.2. The molecule has 1 atom stereocenters. The van der Waals surface area contributed by atoms with E-state index in [1.807, 2.05) is 28.8 Å². The van der Waals surface area contributed by atoms with E-state index in [0.717, 1.165) is 30.5 Å². The molecule has 0 bridgehead atoms. The zero-order valence-electron chi connectivity index (χ0n) is 15.6. The van der Waals surface area contributed by atoms with Gasteiger partial charge in [-0.3, -0.25) is 0 Å². The van der Waals surface area contributed by atoms with Crippen molar-refractivity contribution in [1.82, 2.24) is 14.5 Å². The number of hydrogen-bond acceptors (Lipinski definition) is 6. The Kier molecular flexibility index (Phi) is 4.70. The zero-order valence-corrected chi connectivity index (χ0v) is 15.6. The quantitative estimate of drug-likeness (QED) is 0.696. The van der Waals surface area contributed by atoms with Crippen molar-refractivity contribution >= 4 is 34.0 Å². The maximum Gasteiger partial charge on any atom is 0.344 e. The summed E-state index contributed by atoms with van der Waals surface area (Å²) in [7, 11) is 0. The third kappa shape index (κ3) is 3.35. The number of nitrogens with zero attached hydrogens (tertiary/aromatic N) is 3. The minimum absolute atomic E-state index is 0.0360. The smallest absolute Gasteiger partial charge is 0.344 e. The molecule has 142 valence electrons.